The van der Waals surface area contributed by atoms with E-state index in [2.05, 4.69) is 19.1 Å². The third kappa shape index (κ3) is 4.88. The predicted octanol–water partition coefficient (Wildman–Crippen LogP) is 2.02. The summed E-state index contributed by atoms with van der Waals surface area (Å²) < 4.78 is 0. The molecule has 3 heteroatoms. The third-order valence-corrected chi connectivity index (χ3v) is 3.09. The second kappa shape index (κ2) is 7.17. The molecule has 0 aromatic heterocycles. The summed E-state index contributed by atoms with van der Waals surface area (Å²) >= 11 is 0. The topological polar surface area (TPSA) is 40.5 Å². The highest BCUT2D eigenvalue weighted by atomic mass is 16.3. The molecule has 1 amide bonds. The highest BCUT2D eigenvalue weighted by molar-refractivity contribution is 5.78. The number of carbonyl (C=O) groups excluding carboxylic acids is 1. The van der Waals surface area contributed by atoms with E-state index < -0.39 is 0 Å². The average molecular weight is 249 g/mol. The van der Waals surface area contributed by atoms with Crippen LogP contribution in [0.25, 0.3) is 0 Å². The van der Waals surface area contributed by atoms with E-state index in [-0.39, 0.29) is 12.0 Å². The monoisotopic (exact) mass is 249 g/mol. The van der Waals surface area contributed by atoms with Crippen LogP contribution in [0.3, 0.4) is 0 Å². The van der Waals surface area contributed by atoms with Gasteiger partial charge in [0.1, 0.15) is 0 Å². The number of hydrogen-bond acceptors (Lipinski definition) is 2. The number of carbonyl (C=O) groups is 1. The maximum Gasteiger partial charge on any atom is 0.226 e. The second-order valence-corrected chi connectivity index (χ2v) is 4.80. The van der Waals surface area contributed by atoms with Crippen LogP contribution in [0.2, 0.25) is 0 Å². The zero-order valence-corrected chi connectivity index (χ0v) is 11.5. The van der Waals surface area contributed by atoms with Crippen LogP contribution in [0.1, 0.15) is 31.4 Å². The molecule has 0 aliphatic rings. The number of benzene rings is 1. The van der Waals surface area contributed by atoms with Gasteiger partial charge < -0.3 is 10.0 Å². The minimum atomic E-state index is -0.357. The predicted molar refractivity (Wildman–Crippen MR) is 73.5 cm³/mol. The highest BCUT2D eigenvalue weighted by Gasteiger charge is 2.10. The molecule has 0 saturated carbocycles. The third-order valence-electron chi connectivity index (χ3n) is 3.09. The molecule has 1 N–H and O–H groups in total. The molecule has 1 atom stereocenters. The first-order valence-corrected chi connectivity index (χ1v) is 6.52. The summed E-state index contributed by atoms with van der Waals surface area (Å²) in [6, 6.07) is 8.16. The summed E-state index contributed by atoms with van der Waals surface area (Å²) in [5.74, 6) is 0.0971. The molecule has 0 radical (unpaired) electrons. The zero-order valence-electron chi connectivity index (χ0n) is 11.5. The summed E-state index contributed by atoms with van der Waals surface area (Å²) in [4.78, 5) is 13.6. The Morgan fingerprint density at radius 3 is 2.33 bits per heavy atom. The molecular formula is C15H23NO2. The van der Waals surface area contributed by atoms with Gasteiger partial charge in [-0.1, -0.05) is 31.2 Å². The molecule has 0 bridgehead atoms. The Kier molecular flexibility index (Phi) is 5.86. The summed E-state index contributed by atoms with van der Waals surface area (Å²) in [6.07, 6.45) is 1.71. The summed E-state index contributed by atoms with van der Waals surface area (Å²) in [5, 5.41) is 9.19. The standard InChI is InChI=1S/C15H23NO2/c1-4-13-5-7-14(8-6-13)11-15(18)16(3)10-9-12(2)17/h5-8,12,17H,4,9-11H2,1-3H3. The number of aryl methyl sites for hydroxylation is 1. The Morgan fingerprint density at radius 2 is 1.83 bits per heavy atom. The van der Waals surface area contributed by atoms with Crippen molar-refractivity contribution in [3.8, 4) is 0 Å². The number of likely N-dealkylation sites (N-methyl/N-ethyl adjacent to an activating group) is 1. The molecule has 100 valence electrons. The smallest absolute Gasteiger partial charge is 0.226 e. The lowest BCUT2D eigenvalue weighted by Gasteiger charge is -2.18. The number of hydrogen-bond donors (Lipinski definition) is 1. The minimum absolute atomic E-state index is 0.0971. The molecule has 0 aliphatic heterocycles. The molecular weight excluding hydrogens is 226 g/mol. The molecule has 1 aromatic rings. The van der Waals surface area contributed by atoms with Gasteiger partial charge in [0.2, 0.25) is 5.91 Å². The van der Waals surface area contributed by atoms with E-state index in [4.69, 9.17) is 0 Å². The van der Waals surface area contributed by atoms with Crippen molar-refractivity contribution in [1.82, 2.24) is 4.90 Å². The number of amides is 1. The molecule has 0 spiro atoms. The minimum Gasteiger partial charge on any atom is -0.393 e. The zero-order chi connectivity index (χ0) is 13.5. The SMILES string of the molecule is CCc1ccc(CC(=O)N(C)CCC(C)O)cc1. The fourth-order valence-corrected chi connectivity index (χ4v) is 1.71. The molecule has 3 nitrogen and oxygen atoms in total. The molecule has 18 heavy (non-hydrogen) atoms. The van der Waals surface area contributed by atoms with Gasteiger partial charge in [0, 0.05) is 13.6 Å². The Balaban J connectivity index is 2.47. The van der Waals surface area contributed by atoms with Crippen molar-refractivity contribution in [2.75, 3.05) is 13.6 Å². The van der Waals surface area contributed by atoms with Crippen molar-refractivity contribution in [1.29, 1.82) is 0 Å². The van der Waals surface area contributed by atoms with E-state index in [0.717, 1.165) is 12.0 Å². The first kappa shape index (κ1) is 14.7. The molecule has 0 fully saturated rings. The number of aliphatic hydroxyl groups is 1. The van der Waals surface area contributed by atoms with Gasteiger partial charge in [-0.15, -0.1) is 0 Å². The van der Waals surface area contributed by atoms with Gasteiger partial charge in [0.25, 0.3) is 0 Å². The first-order valence-electron chi connectivity index (χ1n) is 6.52. The van der Waals surface area contributed by atoms with Crippen LogP contribution >= 0.6 is 0 Å². The Hall–Kier alpha value is -1.35. The van der Waals surface area contributed by atoms with E-state index in [1.807, 2.05) is 12.1 Å². The highest BCUT2D eigenvalue weighted by Crippen LogP contribution is 2.07. The van der Waals surface area contributed by atoms with Crippen molar-refractivity contribution in [2.24, 2.45) is 0 Å². The lowest BCUT2D eigenvalue weighted by Crippen LogP contribution is -2.30. The van der Waals surface area contributed by atoms with E-state index >= 15 is 0 Å². The van der Waals surface area contributed by atoms with Gasteiger partial charge >= 0.3 is 0 Å². The van der Waals surface area contributed by atoms with Gasteiger partial charge in [-0.2, -0.15) is 0 Å². The Labute approximate surface area is 109 Å². The maximum atomic E-state index is 11.9. The fourth-order valence-electron chi connectivity index (χ4n) is 1.71. The molecule has 0 saturated heterocycles. The van der Waals surface area contributed by atoms with Crippen LogP contribution < -0.4 is 0 Å². The van der Waals surface area contributed by atoms with E-state index in [1.165, 1.54) is 5.56 Å². The molecule has 1 unspecified atom stereocenters. The normalized spacial score (nSPS) is 12.2. The lowest BCUT2D eigenvalue weighted by molar-refractivity contribution is -0.129. The Morgan fingerprint density at radius 1 is 1.28 bits per heavy atom. The van der Waals surface area contributed by atoms with Gasteiger partial charge in [0.05, 0.1) is 12.5 Å². The average Bonchev–Trinajstić information content (AvgIpc) is 2.36. The second-order valence-electron chi connectivity index (χ2n) is 4.80. The summed E-state index contributed by atoms with van der Waals surface area (Å²) in [6.45, 7) is 4.45. The van der Waals surface area contributed by atoms with Crippen molar-refractivity contribution >= 4 is 5.91 Å². The van der Waals surface area contributed by atoms with Crippen LogP contribution in [0, 0.1) is 0 Å². The summed E-state index contributed by atoms with van der Waals surface area (Å²) in [5.41, 5.74) is 2.33. The summed E-state index contributed by atoms with van der Waals surface area (Å²) in [7, 11) is 1.78. The fraction of sp³-hybridized carbons (Fsp3) is 0.533. The van der Waals surface area contributed by atoms with Crippen LogP contribution in [0.5, 0.6) is 0 Å². The molecule has 0 heterocycles. The number of rotatable bonds is 6. The van der Waals surface area contributed by atoms with Gasteiger partial charge in [-0.05, 0) is 30.9 Å². The van der Waals surface area contributed by atoms with E-state index in [0.29, 0.717) is 19.4 Å². The Bertz CT molecular complexity index is 371. The molecule has 1 aromatic carbocycles. The van der Waals surface area contributed by atoms with Gasteiger partial charge in [-0.3, -0.25) is 4.79 Å². The molecule has 1 rings (SSSR count). The van der Waals surface area contributed by atoms with Crippen LogP contribution in [0.4, 0.5) is 0 Å². The van der Waals surface area contributed by atoms with E-state index in [1.54, 1.807) is 18.9 Å². The van der Waals surface area contributed by atoms with Gasteiger partial charge in [-0.25, -0.2) is 0 Å². The largest absolute Gasteiger partial charge is 0.393 e. The number of aliphatic hydroxyl groups excluding tert-OH is 1. The number of nitrogens with zero attached hydrogens (tertiary/aromatic N) is 1. The molecule has 0 aliphatic carbocycles. The van der Waals surface area contributed by atoms with Crippen molar-refractivity contribution in [3.05, 3.63) is 35.4 Å². The lowest BCUT2D eigenvalue weighted by atomic mass is 10.1. The van der Waals surface area contributed by atoms with Crippen LogP contribution in [-0.2, 0) is 17.6 Å². The first-order chi connectivity index (χ1) is 8.52. The van der Waals surface area contributed by atoms with E-state index in [9.17, 15) is 9.90 Å². The van der Waals surface area contributed by atoms with Gasteiger partial charge in [0.15, 0.2) is 0 Å². The van der Waals surface area contributed by atoms with Crippen molar-refractivity contribution in [3.63, 3.8) is 0 Å². The quantitative estimate of drug-likeness (QED) is 0.838. The van der Waals surface area contributed by atoms with Crippen molar-refractivity contribution < 1.29 is 9.90 Å². The van der Waals surface area contributed by atoms with Crippen LogP contribution in [-0.4, -0.2) is 35.6 Å². The maximum absolute atomic E-state index is 11.9. The van der Waals surface area contributed by atoms with Crippen molar-refractivity contribution in [2.45, 2.75) is 39.2 Å². The van der Waals surface area contributed by atoms with Crippen LogP contribution in [0.15, 0.2) is 24.3 Å².